The van der Waals surface area contributed by atoms with Crippen molar-refractivity contribution in [3.8, 4) is 0 Å². The molecule has 5 nitrogen and oxygen atoms in total. The molecule has 1 atom stereocenters. The lowest BCUT2D eigenvalue weighted by molar-refractivity contribution is 0.0526. The molecule has 1 heterocycles. The first-order valence-electron chi connectivity index (χ1n) is 10.8. The van der Waals surface area contributed by atoms with Gasteiger partial charge in [0.2, 0.25) is 0 Å². The lowest BCUT2D eigenvalue weighted by atomic mass is 9.98. The highest BCUT2D eigenvalue weighted by molar-refractivity contribution is 7.80. The molecule has 1 saturated heterocycles. The van der Waals surface area contributed by atoms with Crippen LogP contribution in [0.15, 0.2) is 42.5 Å². The fraction of sp³-hybridized carbons (Fsp3) is 0.417. The Balaban J connectivity index is 1.58. The zero-order valence-electron chi connectivity index (χ0n) is 18.3. The molecule has 0 radical (unpaired) electrons. The Morgan fingerprint density at radius 3 is 2.55 bits per heavy atom. The molecule has 0 amide bonds. The third kappa shape index (κ3) is 6.34. The van der Waals surface area contributed by atoms with E-state index in [1.165, 1.54) is 18.5 Å². The minimum atomic E-state index is -0.452. The predicted molar refractivity (Wildman–Crippen MR) is 132 cm³/mol. The minimum Gasteiger partial charge on any atom is -0.462 e. The molecule has 2 aromatic rings. The summed E-state index contributed by atoms with van der Waals surface area (Å²) in [6, 6.07) is 13.8. The Kier molecular flexibility index (Phi) is 8.15. The lowest BCUT2D eigenvalue weighted by Crippen LogP contribution is -2.33. The van der Waals surface area contributed by atoms with Gasteiger partial charge in [0.1, 0.15) is 0 Å². The monoisotopic (exact) mass is 459 g/mol. The molecular weight excluding hydrogens is 430 g/mol. The van der Waals surface area contributed by atoms with Gasteiger partial charge in [-0.05, 0) is 80.7 Å². The highest BCUT2D eigenvalue weighted by atomic mass is 35.5. The van der Waals surface area contributed by atoms with Crippen molar-refractivity contribution in [3.05, 3.63) is 58.6 Å². The molecule has 2 N–H and O–H groups in total. The van der Waals surface area contributed by atoms with Crippen LogP contribution in [0.3, 0.4) is 0 Å². The van der Waals surface area contributed by atoms with E-state index < -0.39 is 5.97 Å². The normalized spacial score (nSPS) is 15.3. The van der Waals surface area contributed by atoms with Crippen LogP contribution in [-0.2, 0) is 4.74 Å². The van der Waals surface area contributed by atoms with E-state index in [0.29, 0.717) is 28.0 Å². The van der Waals surface area contributed by atoms with Crippen LogP contribution in [0, 0.1) is 5.92 Å². The second-order valence-electron chi connectivity index (χ2n) is 8.00. The molecule has 0 bridgehead atoms. The smallest absolute Gasteiger partial charge is 0.339 e. The van der Waals surface area contributed by atoms with Gasteiger partial charge in [-0.15, -0.1) is 0 Å². The average Bonchev–Trinajstić information content (AvgIpc) is 2.76. The first-order chi connectivity index (χ1) is 14.9. The van der Waals surface area contributed by atoms with Crippen molar-refractivity contribution in [3.63, 3.8) is 0 Å². The summed E-state index contributed by atoms with van der Waals surface area (Å²) in [6.45, 7) is 8.69. The third-order valence-corrected chi connectivity index (χ3v) is 6.16. The second-order valence-corrected chi connectivity index (χ2v) is 8.81. The van der Waals surface area contributed by atoms with Crippen molar-refractivity contribution in [1.82, 2.24) is 5.32 Å². The Bertz CT molecular complexity index is 912. The van der Waals surface area contributed by atoms with Crippen molar-refractivity contribution in [2.75, 3.05) is 29.9 Å². The number of piperidine rings is 1. The second kappa shape index (κ2) is 10.8. The first-order valence-corrected chi connectivity index (χ1v) is 11.5. The molecule has 1 aliphatic rings. The van der Waals surface area contributed by atoms with E-state index in [4.69, 9.17) is 28.6 Å². The zero-order chi connectivity index (χ0) is 22.4. The number of rotatable bonds is 6. The number of halogens is 1. The molecule has 2 aromatic carbocycles. The number of nitrogens with one attached hydrogen (secondary N) is 2. The Hall–Kier alpha value is -2.31. The lowest BCUT2D eigenvalue weighted by Gasteiger charge is -2.32. The molecule has 0 spiro atoms. The van der Waals surface area contributed by atoms with E-state index in [0.717, 1.165) is 24.6 Å². The van der Waals surface area contributed by atoms with Crippen molar-refractivity contribution in [1.29, 1.82) is 0 Å². The molecule has 0 aromatic heterocycles. The maximum absolute atomic E-state index is 12.0. The zero-order valence-corrected chi connectivity index (χ0v) is 19.9. The molecule has 0 aliphatic carbocycles. The maximum Gasteiger partial charge on any atom is 0.339 e. The fourth-order valence-electron chi connectivity index (χ4n) is 3.66. The number of thiocarbonyl (C=S) groups is 1. The standard InChI is InChI=1S/C24H30ClN3O2S/c1-4-30-23(29)21-15-19(7-10-22(21)25)27-24(31)26-17(3)18-5-8-20(9-6-18)28-13-11-16(2)12-14-28/h5-10,15-17H,4,11-14H2,1-3H3,(H2,26,27,31). The Morgan fingerprint density at radius 1 is 1.23 bits per heavy atom. The number of nitrogens with zero attached hydrogens (tertiary/aromatic N) is 1. The number of esters is 1. The molecule has 1 unspecified atom stereocenters. The van der Waals surface area contributed by atoms with E-state index in [2.05, 4.69) is 53.6 Å². The van der Waals surface area contributed by atoms with Crippen LogP contribution < -0.4 is 15.5 Å². The number of anilines is 2. The van der Waals surface area contributed by atoms with Gasteiger partial charge in [0.05, 0.1) is 23.2 Å². The number of carbonyl (C=O) groups is 1. The van der Waals surface area contributed by atoms with Crippen LogP contribution in [0.2, 0.25) is 5.02 Å². The highest BCUT2D eigenvalue weighted by Crippen LogP contribution is 2.25. The summed E-state index contributed by atoms with van der Waals surface area (Å²) in [5.74, 6) is 0.369. The van der Waals surface area contributed by atoms with Crippen molar-refractivity contribution < 1.29 is 9.53 Å². The van der Waals surface area contributed by atoms with Crippen LogP contribution in [0.1, 0.15) is 55.6 Å². The van der Waals surface area contributed by atoms with Crippen LogP contribution in [0.5, 0.6) is 0 Å². The van der Waals surface area contributed by atoms with E-state index in [9.17, 15) is 4.79 Å². The summed E-state index contributed by atoms with van der Waals surface area (Å²) >= 11 is 11.6. The van der Waals surface area contributed by atoms with E-state index in [1.54, 1.807) is 25.1 Å². The van der Waals surface area contributed by atoms with Crippen molar-refractivity contribution in [2.45, 2.75) is 39.7 Å². The number of hydrogen-bond donors (Lipinski definition) is 2. The molecule has 31 heavy (non-hydrogen) atoms. The quantitative estimate of drug-likeness (QED) is 0.420. The molecule has 1 fully saturated rings. The van der Waals surface area contributed by atoms with Gasteiger partial charge in [-0.25, -0.2) is 4.79 Å². The van der Waals surface area contributed by atoms with Gasteiger partial charge in [0.25, 0.3) is 0 Å². The van der Waals surface area contributed by atoms with Gasteiger partial charge in [-0.1, -0.05) is 30.7 Å². The molecule has 0 saturated carbocycles. The largest absolute Gasteiger partial charge is 0.462 e. The summed E-state index contributed by atoms with van der Waals surface area (Å²) in [4.78, 5) is 14.5. The molecular formula is C24H30ClN3O2S. The number of hydrogen-bond acceptors (Lipinski definition) is 4. The summed E-state index contributed by atoms with van der Waals surface area (Å²) in [5.41, 5.74) is 3.41. The van der Waals surface area contributed by atoms with Gasteiger partial charge < -0.3 is 20.3 Å². The predicted octanol–water partition coefficient (Wildman–Crippen LogP) is 5.80. The van der Waals surface area contributed by atoms with E-state index in [1.807, 2.05) is 0 Å². The molecule has 1 aliphatic heterocycles. The summed E-state index contributed by atoms with van der Waals surface area (Å²) in [5, 5.41) is 7.23. The van der Waals surface area contributed by atoms with Gasteiger partial charge in [0.15, 0.2) is 5.11 Å². The fourth-order valence-corrected chi connectivity index (χ4v) is 4.15. The van der Waals surface area contributed by atoms with Crippen LogP contribution in [-0.4, -0.2) is 30.8 Å². The Labute approximate surface area is 195 Å². The summed E-state index contributed by atoms with van der Waals surface area (Å²) < 4.78 is 5.05. The topological polar surface area (TPSA) is 53.6 Å². The number of benzene rings is 2. The molecule has 3 rings (SSSR count). The van der Waals surface area contributed by atoms with E-state index >= 15 is 0 Å². The SMILES string of the molecule is CCOC(=O)c1cc(NC(=S)NC(C)c2ccc(N3CCC(C)CC3)cc2)ccc1Cl. The minimum absolute atomic E-state index is 0.0345. The van der Waals surface area contributed by atoms with E-state index in [-0.39, 0.29) is 6.04 Å². The summed E-state index contributed by atoms with van der Waals surface area (Å²) in [7, 11) is 0. The number of ether oxygens (including phenoxy) is 1. The van der Waals surface area contributed by atoms with Crippen molar-refractivity contribution >= 4 is 46.3 Å². The van der Waals surface area contributed by atoms with Gasteiger partial charge >= 0.3 is 5.97 Å². The molecule has 166 valence electrons. The Morgan fingerprint density at radius 2 is 1.90 bits per heavy atom. The summed E-state index contributed by atoms with van der Waals surface area (Å²) in [6.07, 6.45) is 2.50. The van der Waals surface area contributed by atoms with Crippen molar-refractivity contribution in [2.24, 2.45) is 5.92 Å². The van der Waals surface area contributed by atoms with Gasteiger partial charge in [0, 0.05) is 24.5 Å². The average molecular weight is 460 g/mol. The maximum atomic E-state index is 12.0. The number of carbonyl (C=O) groups excluding carboxylic acids is 1. The first kappa shape index (κ1) is 23.4. The van der Waals surface area contributed by atoms with Crippen LogP contribution >= 0.6 is 23.8 Å². The van der Waals surface area contributed by atoms with Crippen LogP contribution in [0.4, 0.5) is 11.4 Å². The highest BCUT2D eigenvalue weighted by Gasteiger charge is 2.17. The third-order valence-electron chi connectivity index (χ3n) is 5.61. The van der Waals surface area contributed by atoms with Gasteiger partial charge in [-0.3, -0.25) is 0 Å². The van der Waals surface area contributed by atoms with Gasteiger partial charge in [-0.2, -0.15) is 0 Å². The molecule has 7 heteroatoms. The van der Waals surface area contributed by atoms with Crippen LogP contribution in [0.25, 0.3) is 0 Å².